The Labute approximate surface area is 130 Å². The second kappa shape index (κ2) is 7.40. The van der Waals surface area contributed by atoms with Crippen LogP contribution in [0.1, 0.15) is 5.56 Å². The van der Waals surface area contributed by atoms with Crippen molar-refractivity contribution in [2.45, 2.75) is 6.54 Å². The minimum atomic E-state index is 0.582. The second-order valence-corrected chi connectivity index (χ2v) is 4.48. The van der Waals surface area contributed by atoms with Gasteiger partial charge in [0.15, 0.2) is 11.5 Å². The van der Waals surface area contributed by atoms with E-state index in [0.717, 1.165) is 11.3 Å². The van der Waals surface area contributed by atoms with E-state index in [1.807, 2.05) is 18.2 Å². The number of nitrogens with one attached hydrogen (secondary N) is 1. The number of anilines is 1. The Morgan fingerprint density at radius 1 is 0.909 bits per heavy atom. The van der Waals surface area contributed by atoms with Gasteiger partial charge >= 0.3 is 0 Å². The highest BCUT2D eigenvalue weighted by Gasteiger charge is 2.12. The summed E-state index contributed by atoms with van der Waals surface area (Å²) in [7, 11) is 6.37. The summed E-state index contributed by atoms with van der Waals surface area (Å²) >= 11 is 0. The molecule has 1 heterocycles. The van der Waals surface area contributed by atoms with Gasteiger partial charge in [-0.1, -0.05) is 0 Å². The van der Waals surface area contributed by atoms with Crippen LogP contribution in [0, 0.1) is 0 Å². The third-order valence-electron chi connectivity index (χ3n) is 3.17. The molecule has 2 rings (SSSR count). The average molecular weight is 304 g/mol. The van der Waals surface area contributed by atoms with Gasteiger partial charge in [0.25, 0.3) is 0 Å². The zero-order chi connectivity index (χ0) is 15.9. The average Bonchev–Trinajstić information content (AvgIpc) is 2.59. The molecule has 0 bridgehead atoms. The molecule has 0 saturated carbocycles. The largest absolute Gasteiger partial charge is 0.493 e. The van der Waals surface area contributed by atoms with E-state index in [1.165, 1.54) is 0 Å². The molecule has 0 aliphatic rings. The van der Waals surface area contributed by atoms with E-state index in [2.05, 4.69) is 10.3 Å². The van der Waals surface area contributed by atoms with Gasteiger partial charge in [-0.05, 0) is 23.8 Å². The SMILES string of the molecule is COc1ccc(NCc2cc(OC)c(OC)c(OC)c2)cn1. The zero-order valence-electron chi connectivity index (χ0n) is 13.2. The van der Waals surface area contributed by atoms with Gasteiger partial charge < -0.3 is 24.3 Å². The third kappa shape index (κ3) is 3.52. The van der Waals surface area contributed by atoms with Crippen LogP contribution >= 0.6 is 0 Å². The smallest absolute Gasteiger partial charge is 0.213 e. The minimum Gasteiger partial charge on any atom is -0.493 e. The van der Waals surface area contributed by atoms with E-state index < -0.39 is 0 Å². The number of hydrogen-bond acceptors (Lipinski definition) is 6. The molecule has 0 unspecified atom stereocenters. The molecule has 118 valence electrons. The van der Waals surface area contributed by atoms with Crippen molar-refractivity contribution in [3.05, 3.63) is 36.0 Å². The van der Waals surface area contributed by atoms with Crippen molar-refractivity contribution < 1.29 is 18.9 Å². The summed E-state index contributed by atoms with van der Waals surface area (Å²) < 4.78 is 21.0. The lowest BCUT2D eigenvalue weighted by atomic mass is 10.1. The van der Waals surface area contributed by atoms with Gasteiger partial charge in [0.1, 0.15) is 0 Å². The third-order valence-corrected chi connectivity index (χ3v) is 3.17. The first-order valence-electron chi connectivity index (χ1n) is 6.74. The van der Waals surface area contributed by atoms with E-state index in [4.69, 9.17) is 18.9 Å². The van der Waals surface area contributed by atoms with Crippen molar-refractivity contribution in [2.75, 3.05) is 33.8 Å². The molecule has 0 saturated heterocycles. The highest BCUT2D eigenvalue weighted by atomic mass is 16.5. The summed E-state index contributed by atoms with van der Waals surface area (Å²) in [5, 5.41) is 3.28. The highest BCUT2D eigenvalue weighted by molar-refractivity contribution is 5.54. The maximum Gasteiger partial charge on any atom is 0.213 e. The topological polar surface area (TPSA) is 61.8 Å². The van der Waals surface area contributed by atoms with Crippen LogP contribution < -0.4 is 24.3 Å². The van der Waals surface area contributed by atoms with Crippen molar-refractivity contribution in [2.24, 2.45) is 0 Å². The fourth-order valence-corrected chi connectivity index (χ4v) is 2.05. The first-order valence-corrected chi connectivity index (χ1v) is 6.74. The van der Waals surface area contributed by atoms with Crippen molar-refractivity contribution in [3.8, 4) is 23.1 Å². The molecule has 22 heavy (non-hydrogen) atoms. The molecular weight excluding hydrogens is 284 g/mol. The second-order valence-electron chi connectivity index (χ2n) is 4.48. The summed E-state index contributed by atoms with van der Waals surface area (Å²) in [5.74, 6) is 2.43. The molecule has 6 heteroatoms. The van der Waals surface area contributed by atoms with Gasteiger partial charge in [-0.25, -0.2) is 4.98 Å². The first-order chi connectivity index (χ1) is 10.7. The molecular formula is C16H20N2O4. The Balaban J connectivity index is 2.14. The summed E-state index contributed by atoms with van der Waals surface area (Å²) in [5.41, 5.74) is 1.90. The van der Waals surface area contributed by atoms with Crippen LogP contribution in [-0.2, 0) is 6.54 Å². The van der Waals surface area contributed by atoms with Crippen molar-refractivity contribution in [3.63, 3.8) is 0 Å². The van der Waals surface area contributed by atoms with E-state index in [-0.39, 0.29) is 0 Å². The Hall–Kier alpha value is -2.63. The molecule has 6 nitrogen and oxygen atoms in total. The van der Waals surface area contributed by atoms with E-state index in [1.54, 1.807) is 40.7 Å². The van der Waals surface area contributed by atoms with Crippen molar-refractivity contribution in [1.82, 2.24) is 4.98 Å². The summed E-state index contributed by atoms with van der Waals surface area (Å²) in [6.07, 6.45) is 1.72. The summed E-state index contributed by atoms with van der Waals surface area (Å²) in [6, 6.07) is 7.53. The number of benzene rings is 1. The van der Waals surface area contributed by atoms with Gasteiger partial charge in [-0.3, -0.25) is 0 Å². The summed E-state index contributed by atoms with van der Waals surface area (Å²) in [4.78, 5) is 4.15. The number of methoxy groups -OCH3 is 4. The maximum atomic E-state index is 5.34. The molecule has 1 aromatic carbocycles. The van der Waals surface area contributed by atoms with Crippen LogP contribution in [0.25, 0.3) is 0 Å². The number of nitrogens with zero attached hydrogens (tertiary/aromatic N) is 1. The van der Waals surface area contributed by atoms with Crippen LogP contribution in [0.4, 0.5) is 5.69 Å². The molecule has 0 aliphatic heterocycles. The first kappa shape index (κ1) is 15.8. The molecule has 0 radical (unpaired) electrons. The number of rotatable bonds is 7. The van der Waals surface area contributed by atoms with E-state index >= 15 is 0 Å². The van der Waals surface area contributed by atoms with Crippen LogP contribution in [0.15, 0.2) is 30.5 Å². The Morgan fingerprint density at radius 2 is 1.59 bits per heavy atom. The number of aromatic nitrogens is 1. The predicted octanol–water partition coefficient (Wildman–Crippen LogP) is 2.73. The summed E-state index contributed by atoms with van der Waals surface area (Å²) in [6.45, 7) is 0.602. The number of ether oxygens (including phenoxy) is 4. The fraction of sp³-hybridized carbons (Fsp3) is 0.312. The van der Waals surface area contributed by atoms with E-state index in [0.29, 0.717) is 29.7 Å². The van der Waals surface area contributed by atoms with Gasteiger partial charge in [0, 0.05) is 12.6 Å². The zero-order valence-corrected chi connectivity index (χ0v) is 13.2. The lowest BCUT2D eigenvalue weighted by Crippen LogP contribution is -2.02. The minimum absolute atomic E-state index is 0.582. The van der Waals surface area contributed by atoms with Gasteiger partial charge in [-0.15, -0.1) is 0 Å². The standard InChI is InChI=1S/C16H20N2O4/c1-19-13-7-11(8-14(20-2)16(13)22-4)9-17-12-5-6-15(21-3)18-10-12/h5-8,10,17H,9H2,1-4H3. The van der Waals surface area contributed by atoms with Gasteiger partial charge in [0.2, 0.25) is 11.6 Å². The number of pyridine rings is 1. The van der Waals surface area contributed by atoms with Crippen molar-refractivity contribution in [1.29, 1.82) is 0 Å². The fourth-order valence-electron chi connectivity index (χ4n) is 2.05. The quantitative estimate of drug-likeness (QED) is 0.848. The Morgan fingerprint density at radius 3 is 2.05 bits per heavy atom. The van der Waals surface area contributed by atoms with Crippen LogP contribution in [0.5, 0.6) is 23.1 Å². The van der Waals surface area contributed by atoms with Gasteiger partial charge in [-0.2, -0.15) is 0 Å². The number of hydrogen-bond donors (Lipinski definition) is 1. The van der Waals surface area contributed by atoms with Crippen LogP contribution in [-0.4, -0.2) is 33.4 Å². The highest BCUT2D eigenvalue weighted by Crippen LogP contribution is 2.38. The van der Waals surface area contributed by atoms with Gasteiger partial charge in [0.05, 0.1) is 40.3 Å². The maximum absolute atomic E-state index is 5.34. The molecule has 1 aromatic heterocycles. The Kier molecular flexibility index (Phi) is 5.30. The molecule has 0 spiro atoms. The molecule has 0 atom stereocenters. The van der Waals surface area contributed by atoms with Crippen LogP contribution in [0.2, 0.25) is 0 Å². The van der Waals surface area contributed by atoms with Crippen molar-refractivity contribution >= 4 is 5.69 Å². The molecule has 2 aromatic rings. The lowest BCUT2D eigenvalue weighted by Gasteiger charge is -2.14. The Bertz CT molecular complexity index is 589. The predicted molar refractivity (Wildman–Crippen MR) is 84.2 cm³/mol. The molecule has 0 fully saturated rings. The lowest BCUT2D eigenvalue weighted by molar-refractivity contribution is 0.324. The molecule has 0 amide bonds. The van der Waals surface area contributed by atoms with Crippen LogP contribution in [0.3, 0.4) is 0 Å². The van der Waals surface area contributed by atoms with E-state index in [9.17, 15) is 0 Å². The monoisotopic (exact) mass is 304 g/mol. The normalized spacial score (nSPS) is 10.0. The molecule has 0 aliphatic carbocycles. The molecule has 1 N–H and O–H groups in total.